The third kappa shape index (κ3) is 3.30. The smallest absolute Gasteiger partial charge is 0.314 e. The summed E-state index contributed by atoms with van der Waals surface area (Å²) in [5.41, 5.74) is 0.732. The van der Waals surface area contributed by atoms with E-state index in [0.29, 0.717) is 17.8 Å². The molecule has 1 N–H and O–H groups in total. The normalized spacial score (nSPS) is 48.8. The predicted octanol–water partition coefficient (Wildman–Crippen LogP) is 7.80. The second-order valence-corrected chi connectivity index (χ2v) is 15.7. The van der Waals surface area contributed by atoms with E-state index in [4.69, 9.17) is 4.74 Å². The summed E-state index contributed by atoms with van der Waals surface area (Å²) in [6, 6.07) is 0. The Hall–Kier alpha value is -1.32. The fourth-order valence-corrected chi connectivity index (χ4v) is 11.0. The van der Waals surface area contributed by atoms with Crippen molar-refractivity contribution in [3.63, 3.8) is 0 Å². The molecule has 8 atom stereocenters. The number of carbonyl (C=O) groups excluding carboxylic acids is 1. The first kappa shape index (κ1) is 26.3. The molecule has 4 nitrogen and oxygen atoms in total. The van der Waals surface area contributed by atoms with Crippen molar-refractivity contribution in [3.8, 4) is 0 Å². The van der Waals surface area contributed by atoms with Crippen LogP contribution in [0.4, 0.5) is 0 Å². The van der Waals surface area contributed by atoms with Crippen LogP contribution in [0, 0.1) is 50.2 Å². The molecule has 0 aromatic rings. The summed E-state index contributed by atoms with van der Waals surface area (Å²) in [6.07, 6.45) is 12.6. The van der Waals surface area contributed by atoms with Gasteiger partial charge in [-0.2, -0.15) is 0 Å². The van der Waals surface area contributed by atoms with E-state index in [2.05, 4.69) is 54.5 Å². The van der Waals surface area contributed by atoms with Crippen LogP contribution in [-0.4, -0.2) is 23.1 Å². The summed E-state index contributed by atoms with van der Waals surface area (Å²) >= 11 is 0. The standard InChI is InChI=1S/C32H50O4/c1-20(33)36-25-12-13-30(7)23(28(25,4)5)11-14-31(8)24(30)10-9-21-22-19-27(2,3)15-16-29(22,6)17-18-32(21,31)26(34)35/h9,22-25H,10-19H2,1-8H3,(H,34,35)/t22-,23?,24+,25-,29+,30-,31+,32+/m0/s1. The minimum atomic E-state index is -0.752. The van der Waals surface area contributed by atoms with Crippen molar-refractivity contribution in [2.75, 3.05) is 0 Å². The number of carboxylic acids is 1. The third-order valence-electron chi connectivity index (χ3n) is 13.1. The van der Waals surface area contributed by atoms with Gasteiger partial charge in [0.05, 0.1) is 5.41 Å². The molecule has 0 bridgehead atoms. The number of ether oxygens (including phenoxy) is 1. The van der Waals surface area contributed by atoms with E-state index in [0.717, 1.165) is 51.4 Å². The Bertz CT molecular complexity index is 992. The van der Waals surface area contributed by atoms with Gasteiger partial charge in [-0.05, 0) is 104 Å². The monoisotopic (exact) mass is 498 g/mol. The van der Waals surface area contributed by atoms with E-state index in [1.165, 1.54) is 25.3 Å². The van der Waals surface area contributed by atoms with Gasteiger partial charge in [-0.1, -0.05) is 60.1 Å². The maximum atomic E-state index is 13.6. The molecule has 0 aliphatic heterocycles. The highest BCUT2D eigenvalue weighted by molar-refractivity contribution is 5.81. The second kappa shape index (κ2) is 7.85. The Labute approximate surface area is 219 Å². The van der Waals surface area contributed by atoms with Crippen molar-refractivity contribution in [2.45, 2.75) is 126 Å². The summed E-state index contributed by atoms with van der Waals surface area (Å²) in [5.74, 6) is 0.381. The lowest BCUT2D eigenvalue weighted by molar-refractivity contribution is -0.219. The molecule has 0 heterocycles. The van der Waals surface area contributed by atoms with Crippen LogP contribution in [-0.2, 0) is 14.3 Å². The summed E-state index contributed by atoms with van der Waals surface area (Å²) in [5, 5.41) is 11.2. The molecular formula is C32H50O4. The molecule has 0 spiro atoms. The highest BCUT2D eigenvalue weighted by Crippen LogP contribution is 2.76. The third-order valence-corrected chi connectivity index (χ3v) is 13.1. The van der Waals surface area contributed by atoms with E-state index in [9.17, 15) is 14.7 Å². The largest absolute Gasteiger partial charge is 0.481 e. The van der Waals surface area contributed by atoms with Crippen LogP contribution in [0.3, 0.4) is 0 Å². The van der Waals surface area contributed by atoms with Crippen molar-refractivity contribution in [1.29, 1.82) is 0 Å². The molecule has 4 heteroatoms. The van der Waals surface area contributed by atoms with Gasteiger partial charge < -0.3 is 9.84 Å². The van der Waals surface area contributed by atoms with Crippen molar-refractivity contribution >= 4 is 11.9 Å². The number of aliphatic carboxylic acids is 1. The number of carboxylic acid groups (broad SMARTS) is 1. The number of rotatable bonds is 2. The first-order chi connectivity index (χ1) is 16.5. The van der Waals surface area contributed by atoms with Gasteiger partial charge in [0.1, 0.15) is 6.10 Å². The number of allylic oxidation sites excluding steroid dienone is 1. The molecule has 0 saturated heterocycles. The molecule has 4 fully saturated rings. The molecule has 1 unspecified atom stereocenters. The maximum absolute atomic E-state index is 13.6. The number of hydrogen-bond donors (Lipinski definition) is 1. The molecule has 5 aliphatic rings. The first-order valence-electron chi connectivity index (χ1n) is 14.6. The van der Waals surface area contributed by atoms with Crippen LogP contribution in [0.2, 0.25) is 0 Å². The molecule has 5 aliphatic carbocycles. The van der Waals surface area contributed by atoms with Crippen LogP contribution in [0.15, 0.2) is 11.6 Å². The van der Waals surface area contributed by atoms with Gasteiger partial charge in [-0.15, -0.1) is 0 Å². The molecular weight excluding hydrogens is 448 g/mol. The van der Waals surface area contributed by atoms with E-state index >= 15 is 0 Å². The summed E-state index contributed by atoms with van der Waals surface area (Å²) in [7, 11) is 0. The Balaban J connectivity index is 1.59. The van der Waals surface area contributed by atoms with E-state index < -0.39 is 11.4 Å². The average Bonchev–Trinajstić information content (AvgIpc) is 2.75. The summed E-state index contributed by atoms with van der Waals surface area (Å²) in [6.45, 7) is 18.1. The lowest BCUT2D eigenvalue weighted by Gasteiger charge is -2.70. The first-order valence-corrected chi connectivity index (χ1v) is 14.6. The molecule has 0 aromatic heterocycles. The minimum absolute atomic E-state index is 0.0458. The molecule has 0 aromatic carbocycles. The van der Waals surface area contributed by atoms with Gasteiger partial charge >= 0.3 is 11.9 Å². The van der Waals surface area contributed by atoms with Gasteiger partial charge in [0.2, 0.25) is 0 Å². The van der Waals surface area contributed by atoms with Crippen LogP contribution >= 0.6 is 0 Å². The van der Waals surface area contributed by atoms with Crippen LogP contribution in [0.25, 0.3) is 0 Å². The summed E-state index contributed by atoms with van der Waals surface area (Å²) in [4.78, 5) is 25.5. The topological polar surface area (TPSA) is 63.6 Å². The van der Waals surface area contributed by atoms with Crippen molar-refractivity contribution < 1.29 is 19.4 Å². The number of esters is 1. The van der Waals surface area contributed by atoms with Crippen LogP contribution < -0.4 is 0 Å². The number of fused-ring (bicyclic) bond motifs is 7. The Kier molecular flexibility index (Phi) is 5.74. The Morgan fingerprint density at radius 3 is 2.19 bits per heavy atom. The van der Waals surface area contributed by atoms with Gasteiger partial charge in [-0.25, -0.2) is 0 Å². The van der Waals surface area contributed by atoms with Gasteiger partial charge in [0.15, 0.2) is 0 Å². The van der Waals surface area contributed by atoms with Crippen LogP contribution in [0.1, 0.15) is 120 Å². The lowest BCUT2D eigenvalue weighted by atomic mass is 9.33. The zero-order chi connectivity index (χ0) is 26.5. The second-order valence-electron chi connectivity index (χ2n) is 15.7. The fourth-order valence-electron chi connectivity index (χ4n) is 11.0. The SMILES string of the molecule is CC(=O)O[C@H]1CC[C@@]2(C)C(CC[C@]3(C)[C@@H]2CC=C2[C@@H]4CC(C)(C)CC[C@]4(C)CC[C@]23C(=O)O)C1(C)C. The Morgan fingerprint density at radius 1 is 0.889 bits per heavy atom. The van der Waals surface area contributed by atoms with Crippen LogP contribution in [0.5, 0.6) is 0 Å². The molecule has 202 valence electrons. The minimum Gasteiger partial charge on any atom is -0.481 e. The fraction of sp³-hybridized carbons (Fsp3) is 0.875. The zero-order valence-electron chi connectivity index (χ0n) is 24.1. The Morgan fingerprint density at radius 2 is 1.56 bits per heavy atom. The number of carbonyl (C=O) groups is 2. The molecule has 36 heavy (non-hydrogen) atoms. The predicted molar refractivity (Wildman–Crippen MR) is 142 cm³/mol. The van der Waals surface area contributed by atoms with Crippen molar-refractivity contribution in [2.24, 2.45) is 50.2 Å². The van der Waals surface area contributed by atoms with Gasteiger partial charge in [0.25, 0.3) is 0 Å². The lowest BCUT2D eigenvalue weighted by Crippen LogP contribution is -2.67. The molecule has 4 saturated carbocycles. The molecule has 5 rings (SSSR count). The molecule has 0 amide bonds. The van der Waals surface area contributed by atoms with E-state index in [-0.39, 0.29) is 39.1 Å². The molecule has 0 radical (unpaired) electrons. The average molecular weight is 499 g/mol. The van der Waals surface area contributed by atoms with Gasteiger partial charge in [-0.3, -0.25) is 9.59 Å². The quantitative estimate of drug-likeness (QED) is 0.311. The highest BCUT2D eigenvalue weighted by Gasteiger charge is 2.71. The summed E-state index contributed by atoms with van der Waals surface area (Å²) < 4.78 is 5.85. The van der Waals surface area contributed by atoms with Crippen molar-refractivity contribution in [3.05, 3.63) is 11.6 Å². The highest BCUT2D eigenvalue weighted by atomic mass is 16.5. The van der Waals surface area contributed by atoms with Crippen molar-refractivity contribution in [1.82, 2.24) is 0 Å². The number of hydrogen-bond acceptors (Lipinski definition) is 3. The van der Waals surface area contributed by atoms with E-state index in [1.807, 2.05) is 0 Å². The zero-order valence-corrected chi connectivity index (χ0v) is 24.1. The van der Waals surface area contributed by atoms with Gasteiger partial charge in [0, 0.05) is 12.3 Å². The van der Waals surface area contributed by atoms with E-state index in [1.54, 1.807) is 0 Å². The maximum Gasteiger partial charge on any atom is 0.314 e.